The number of anilines is 1. The smallest absolute Gasteiger partial charge is 0.176 e. The number of nitrogens with one attached hydrogen (secondary N) is 2. The van der Waals surface area contributed by atoms with Gasteiger partial charge in [0.25, 0.3) is 0 Å². The number of likely N-dealkylation sites (tertiary alicyclic amines) is 1. The first kappa shape index (κ1) is 22.5. The lowest BCUT2D eigenvalue weighted by Gasteiger charge is -2.42. The van der Waals surface area contributed by atoms with E-state index in [-0.39, 0.29) is 11.9 Å². The van der Waals surface area contributed by atoms with E-state index in [1.807, 2.05) is 12.3 Å². The number of H-pyrrole nitrogens is 1. The third-order valence-corrected chi connectivity index (χ3v) is 8.86. The zero-order valence-corrected chi connectivity index (χ0v) is 21.0. The summed E-state index contributed by atoms with van der Waals surface area (Å²) < 4.78 is 21.8. The molecule has 6 heterocycles. The van der Waals surface area contributed by atoms with Crippen molar-refractivity contribution in [2.24, 2.45) is 0 Å². The number of benzene rings is 1. The Hall–Kier alpha value is -2.66. The van der Waals surface area contributed by atoms with Crippen LogP contribution in [-0.4, -0.2) is 76.8 Å². The van der Waals surface area contributed by atoms with Crippen LogP contribution in [-0.2, 0) is 4.74 Å². The van der Waals surface area contributed by atoms with E-state index < -0.39 is 0 Å². The van der Waals surface area contributed by atoms with Crippen LogP contribution in [0.1, 0.15) is 36.7 Å². The van der Waals surface area contributed by atoms with Crippen molar-refractivity contribution in [1.29, 1.82) is 0 Å². The van der Waals surface area contributed by atoms with E-state index in [1.54, 1.807) is 17.4 Å². The first-order chi connectivity index (χ1) is 17.8. The predicted molar refractivity (Wildman–Crippen MR) is 140 cm³/mol. The maximum Gasteiger partial charge on any atom is 0.176 e. The molecule has 0 bridgehead atoms. The highest BCUT2D eigenvalue weighted by Gasteiger charge is 2.36. The molecule has 188 valence electrons. The summed E-state index contributed by atoms with van der Waals surface area (Å²) in [5.74, 6) is 0.905. The van der Waals surface area contributed by atoms with Crippen LogP contribution in [0.4, 0.5) is 10.2 Å². The van der Waals surface area contributed by atoms with Crippen LogP contribution < -0.4 is 10.2 Å². The van der Waals surface area contributed by atoms with Crippen molar-refractivity contribution in [3.63, 3.8) is 0 Å². The van der Waals surface area contributed by atoms with Gasteiger partial charge in [0.05, 0.1) is 24.8 Å². The molecule has 3 fully saturated rings. The zero-order chi connectivity index (χ0) is 24.1. The number of hydrogen-bond donors (Lipinski definition) is 2. The molecule has 2 atom stereocenters. The molecule has 2 N–H and O–H groups in total. The fraction of sp³-hybridized carbons (Fsp3) is 0.500. The Labute approximate surface area is 212 Å². The first-order valence-electron chi connectivity index (χ1n) is 13.0. The van der Waals surface area contributed by atoms with Gasteiger partial charge in [-0.1, -0.05) is 6.42 Å². The molecule has 8 nitrogen and oxygen atoms in total. The van der Waals surface area contributed by atoms with Gasteiger partial charge in [-0.25, -0.2) is 19.3 Å². The summed E-state index contributed by atoms with van der Waals surface area (Å²) in [6.07, 6.45) is 6.75. The normalized spacial score (nSPS) is 22.2. The number of aromatic amines is 1. The standard InChI is InChI=1S/C26H30FN7OS/c27-17-4-5-18-16(6-8-28-18)20(17)23-30-24-22(25(31-23)34-12-14-35-15-13-34)36-26(32-24)21(19-7-9-29-19)33-10-2-1-3-11-33/h4-6,8,19,21,28-29H,1-3,7,9-15H2. The summed E-state index contributed by atoms with van der Waals surface area (Å²) in [6, 6.07) is 5.78. The van der Waals surface area contributed by atoms with Gasteiger partial charge in [-0.2, -0.15) is 0 Å². The van der Waals surface area contributed by atoms with Crippen LogP contribution >= 0.6 is 11.3 Å². The Kier molecular flexibility index (Phi) is 5.84. The third kappa shape index (κ3) is 3.87. The maximum atomic E-state index is 15.2. The van der Waals surface area contributed by atoms with E-state index in [9.17, 15) is 0 Å². The van der Waals surface area contributed by atoms with Gasteiger partial charge < -0.3 is 19.9 Å². The van der Waals surface area contributed by atoms with Gasteiger partial charge in [-0.15, -0.1) is 11.3 Å². The lowest BCUT2D eigenvalue weighted by molar-refractivity contribution is 0.105. The fourth-order valence-corrected chi connectivity index (χ4v) is 6.97. The number of ether oxygens (including phenoxy) is 1. The van der Waals surface area contributed by atoms with Crippen molar-refractivity contribution in [3.8, 4) is 11.4 Å². The number of fused-ring (bicyclic) bond motifs is 2. The molecule has 10 heteroatoms. The molecule has 1 aromatic carbocycles. The Morgan fingerprint density at radius 1 is 1.03 bits per heavy atom. The van der Waals surface area contributed by atoms with E-state index in [4.69, 9.17) is 19.7 Å². The summed E-state index contributed by atoms with van der Waals surface area (Å²) in [7, 11) is 0. The van der Waals surface area contributed by atoms with E-state index >= 15 is 4.39 Å². The molecule has 4 aromatic rings. The van der Waals surface area contributed by atoms with Crippen LogP contribution in [0.15, 0.2) is 24.4 Å². The van der Waals surface area contributed by atoms with E-state index in [1.165, 1.54) is 25.3 Å². The van der Waals surface area contributed by atoms with Crippen molar-refractivity contribution >= 4 is 38.4 Å². The van der Waals surface area contributed by atoms with E-state index in [2.05, 4.69) is 20.1 Å². The Morgan fingerprint density at radius 3 is 2.64 bits per heavy atom. The van der Waals surface area contributed by atoms with Gasteiger partial charge in [0.15, 0.2) is 17.3 Å². The van der Waals surface area contributed by atoms with Crippen LogP contribution in [0.2, 0.25) is 0 Å². The Balaban J connectivity index is 1.39. The average molecular weight is 508 g/mol. The van der Waals surface area contributed by atoms with Gasteiger partial charge in [0.1, 0.15) is 15.5 Å². The maximum absolute atomic E-state index is 15.2. The topological polar surface area (TPSA) is 82.2 Å². The first-order valence-corrected chi connectivity index (χ1v) is 13.8. The van der Waals surface area contributed by atoms with Crippen LogP contribution in [0, 0.1) is 5.82 Å². The molecule has 3 saturated heterocycles. The van der Waals surface area contributed by atoms with Gasteiger partial charge in [-0.3, -0.25) is 4.90 Å². The van der Waals surface area contributed by atoms with Crippen LogP contribution in [0.25, 0.3) is 32.6 Å². The highest BCUT2D eigenvalue weighted by molar-refractivity contribution is 7.19. The molecular weight excluding hydrogens is 477 g/mol. The highest BCUT2D eigenvalue weighted by Crippen LogP contribution is 2.40. The molecule has 7 rings (SSSR count). The van der Waals surface area contributed by atoms with E-state index in [0.717, 1.165) is 65.6 Å². The molecule has 0 saturated carbocycles. The molecule has 36 heavy (non-hydrogen) atoms. The van der Waals surface area contributed by atoms with Crippen molar-refractivity contribution in [1.82, 2.24) is 30.2 Å². The Morgan fingerprint density at radius 2 is 1.86 bits per heavy atom. The van der Waals surface area contributed by atoms with Gasteiger partial charge in [0, 0.05) is 36.2 Å². The number of halogens is 1. The van der Waals surface area contributed by atoms with E-state index in [0.29, 0.717) is 36.3 Å². The fourth-order valence-electron chi connectivity index (χ4n) is 5.75. The number of aromatic nitrogens is 4. The lowest BCUT2D eigenvalue weighted by atomic mass is 9.95. The second kappa shape index (κ2) is 9.33. The van der Waals surface area contributed by atoms with Crippen molar-refractivity contribution in [3.05, 3.63) is 35.2 Å². The number of thiazole rings is 1. The number of morpholine rings is 1. The molecule has 0 spiro atoms. The SMILES string of the molecule is Fc1ccc2[nH]ccc2c1-c1nc(N2CCOCC2)c2sc(C(C3CCN3)N3CCCCC3)nc2n1. The Bertz CT molecular complexity index is 1390. The number of rotatable bonds is 5. The molecule has 0 amide bonds. The summed E-state index contributed by atoms with van der Waals surface area (Å²) in [4.78, 5) is 23.0. The number of hydrogen-bond acceptors (Lipinski definition) is 8. The quantitative estimate of drug-likeness (QED) is 0.421. The lowest BCUT2D eigenvalue weighted by Crippen LogP contribution is -2.53. The van der Waals surface area contributed by atoms with Gasteiger partial charge >= 0.3 is 0 Å². The molecule has 3 aliphatic rings. The summed E-state index contributed by atoms with van der Waals surface area (Å²) in [5, 5.41) is 5.50. The third-order valence-electron chi connectivity index (χ3n) is 7.75. The molecule has 2 unspecified atom stereocenters. The van der Waals surface area contributed by atoms with Crippen molar-refractivity contribution in [2.45, 2.75) is 37.8 Å². The van der Waals surface area contributed by atoms with Gasteiger partial charge in [-0.05, 0) is 57.1 Å². The minimum absolute atomic E-state index is 0.240. The largest absolute Gasteiger partial charge is 0.378 e. The molecular formula is C26H30FN7OS. The monoisotopic (exact) mass is 507 g/mol. The zero-order valence-electron chi connectivity index (χ0n) is 20.2. The average Bonchev–Trinajstić information content (AvgIpc) is 3.53. The van der Waals surface area contributed by atoms with Crippen molar-refractivity contribution in [2.75, 3.05) is 50.8 Å². The van der Waals surface area contributed by atoms with Crippen molar-refractivity contribution < 1.29 is 9.13 Å². The van der Waals surface area contributed by atoms with Gasteiger partial charge in [0.2, 0.25) is 0 Å². The summed E-state index contributed by atoms with van der Waals surface area (Å²) >= 11 is 1.71. The van der Waals surface area contributed by atoms with Crippen LogP contribution in [0.3, 0.4) is 0 Å². The minimum Gasteiger partial charge on any atom is -0.378 e. The summed E-state index contributed by atoms with van der Waals surface area (Å²) in [6.45, 7) is 6.06. The second-order valence-corrected chi connectivity index (χ2v) is 11.0. The van der Waals surface area contributed by atoms with Crippen LogP contribution in [0.5, 0.6) is 0 Å². The highest BCUT2D eigenvalue weighted by atomic mass is 32.1. The minimum atomic E-state index is -0.324. The summed E-state index contributed by atoms with van der Waals surface area (Å²) in [5.41, 5.74) is 1.95. The molecule has 3 aromatic heterocycles. The molecule has 0 aliphatic carbocycles. The predicted octanol–water partition coefficient (Wildman–Crippen LogP) is 4.10. The molecule has 0 radical (unpaired) electrons. The molecule has 3 aliphatic heterocycles. The number of nitrogens with zero attached hydrogens (tertiary/aromatic N) is 5. The second-order valence-electron chi connectivity index (χ2n) is 9.93. The number of piperidine rings is 1.